The molecule has 3 nitrogen and oxygen atoms in total. The van der Waals surface area contributed by atoms with Crippen molar-refractivity contribution in [2.45, 2.75) is 78.8 Å². The minimum absolute atomic E-state index is 0.0285. The van der Waals surface area contributed by atoms with Crippen molar-refractivity contribution in [2.24, 2.45) is 58.7 Å². The van der Waals surface area contributed by atoms with Crippen LogP contribution in [0.3, 0.4) is 0 Å². The van der Waals surface area contributed by atoms with Crippen LogP contribution in [-0.4, -0.2) is 24.7 Å². The fourth-order valence-corrected chi connectivity index (χ4v) is 9.19. The zero-order valence-corrected chi connectivity index (χ0v) is 20.5. The topological polar surface area (TPSA) is 53.0 Å². The van der Waals surface area contributed by atoms with E-state index in [2.05, 4.69) is 33.0 Å². The van der Waals surface area contributed by atoms with Gasteiger partial charge in [0.2, 0.25) is 0 Å². The number of carbonyl (C=O) groups is 1. The molecule has 2 N–H and O–H groups in total. The summed E-state index contributed by atoms with van der Waals surface area (Å²) < 4.78 is 38.7. The number of carbonyl (C=O) groups excluding carboxylic acids is 1. The normalized spacial score (nSPS) is 45.5. The van der Waals surface area contributed by atoms with Crippen LogP contribution in [0.4, 0.5) is 13.2 Å². The second-order valence-corrected chi connectivity index (χ2v) is 12.1. The van der Waals surface area contributed by atoms with Gasteiger partial charge < -0.3 is 10.7 Å². The molecule has 6 heteroatoms. The van der Waals surface area contributed by atoms with Crippen LogP contribution in [0.15, 0.2) is 11.8 Å². The molecule has 4 aliphatic rings. The number of halogens is 3. The predicted molar refractivity (Wildman–Crippen MR) is 125 cm³/mol. The van der Waals surface area contributed by atoms with E-state index >= 15 is 0 Å². The Morgan fingerprint density at radius 3 is 2.39 bits per heavy atom. The molecule has 0 heterocycles. The number of rotatable bonds is 5. The standard InChI is InChI=1S/C27H41F3N2O/c1-15-5-7-20-18(11-15)6-8-22-21(20)9-10-26(4)24(22)16(2)17(3)25(26)23(33)14-32-13-19(12-31)27(28,29)30/h12-13,15-18,20-22,24-25,31-32H,5-11,14H2,1-4H3/b19-13+,31-12?/t15?,16-,17?,18?,20?,21?,22?,24?,25?,26?/m1/s1. The Labute approximate surface area is 196 Å². The molecular weight excluding hydrogens is 425 g/mol. The van der Waals surface area contributed by atoms with Gasteiger partial charge in [-0.25, -0.2) is 0 Å². The first-order valence-corrected chi connectivity index (χ1v) is 13.0. The van der Waals surface area contributed by atoms with Crippen LogP contribution in [0.25, 0.3) is 0 Å². The Bertz CT molecular complexity index is 793. The van der Waals surface area contributed by atoms with Gasteiger partial charge in [-0.3, -0.25) is 4.79 Å². The summed E-state index contributed by atoms with van der Waals surface area (Å²) >= 11 is 0. The van der Waals surface area contributed by atoms with Crippen LogP contribution >= 0.6 is 0 Å². The van der Waals surface area contributed by atoms with Crippen molar-refractivity contribution in [1.29, 1.82) is 5.41 Å². The van der Waals surface area contributed by atoms with Crippen LogP contribution < -0.4 is 5.32 Å². The van der Waals surface area contributed by atoms with E-state index in [0.29, 0.717) is 24.0 Å². The van der Waals surface area contributed by atoms with Crippen molar-refractivity contribution >= 4 is 12.0 Å². The minimum Gasteiger partial charge on any atom is -0.383 e. The third-order valence-corrected chi connectivity index (χ3v) is 10.5. The van der Waals surface area contributed by atoms with Crippen molar-refractivity contribution < 1.29 is 18.0 Å². The SMILES string of the molecule is CC1CCC2C(CCC3C2CCC2(C)C(C(=O)CN/C=C(\C=N)C(F)(F)F)C(C)[C@@H](C)C32)C1. The fourth-order valence-electron chi connectivity index (χ4n) is 9.19. The summed E-state index contributed by atoms with van der Waals surface area (Å²) in [6.45, 7) is 9.12. The third-order valence-electron chi connectivity index (χ3n) is 10.5. The first-order valence-electron chi connectivity index (χ1n) is 13.0. The number of allylic oxidation sites excluding steroid dienone is 1. The lowest BCUT2D eigenvalue weighted by molar-refractivity contribution is -0.131. The van der Waals surface area contributed by atoms with E-state index in [1.54, 1.807) is 0 Å². The van der Waals surface area contributed by atoms with Gasteiger partial charge >= 0.3 is 6.18 Å². The van der Waals surface area contributed by atoms with Crippen LogP contribution in [-0.2, 0) is 4.79 Å². The van der Waals surface area contributed by atoms with Gasteiger partial charge in [0.1, 0.15) is 0 Å². The van der Waals surface area contributed by atoms with Crippen molar-refractivity contribution in [3.05, 3.63) is 11.8 Å². The third kappa shape index (κ3) is 4.29. The average molecular weight is 467 g/mol. The smallest absolute Gasteiger partial charge is 0.383 e. The summed E-state index contributed by atoms with van der Waals surface area (Å²) in [4.78, 5) is 13.4. The Morgan fingerprint density at radius 1 is 1.03 bits per heavy atom. The number of alkyl halides is 3. The molecule has 0 bridgehead atoms. The van der Waals surface area contributed by atoms with Crippen molar-refractivity contribution in [2.75, 3.05) is 6.54 Å². The van der Waals surface area contributed by atoms with Gasteiger partial charge in [-0.15, -0.1) is 0 Å². The van der Waals surface area contributed by atoms with E-state index in [4.69, 9.17) is 5.41 Å². The molecule has 4 saturated carbocycles. The molecule has 0 spiro atoms. The first kappa shape index (κ1) is 24.8. The van der Waals surface area contributed by atoms with Gasteiger partial charge in [-0.2, -0.15) is 13.2 Å². The molecular formula is C27H41F3N2O. The van der Waals surface area contributed by atoms with Gasteiger partial charge in [0.15, 0.2) is 5.78 Å². The van der Waals surface area contributed by atoms with Crippen LogP contribution in [0.5, 0.6) is 0 Å². The lowest BCUT2D eigenvalue weighted by atomic mass is 9.48. The second kappa shape index (κ2) is 9.03. The Morgan fingerprint density at radius 2 is 1.73 bits per heavy atom. The summed E-state index contributed by atoms with van der Waals surface area (Å²) in [5, 5.41) is 9.58. The summed E-state index contributed by atoms with van der Waals surface area (Å²) in [6.07, 6.45) is 5.47. The highest BCUT2D eigenvalue weighted by molar-refractivity contribution is 5.85. The molecule has 4 fully saturated rings. The molecule has 9 unspecified atom stereocenters. The minimum atomic E-state index is -4.59. The zero-order chi connectivity index (χ0) is 24.1. The number of fused-ring (bicyclic) bond motifs is 5. The lowest BCUT2D eigenvalue weighted by Gasteiger charge is -2.56. The second-order valence-electron chi connectivity index (χ2n) is 12.1. The molecule has 10 atom stereocenters. The predicted octanol–water partition coefficient (Wildman–Crippen LogP) is 6.64. The summed E-state index contributed by atoms with van der Waals surface area (Å²) in [6, 6.07) is 0. The van der Waals surface area contributed by atoms with Crippen LogP contribution in [0, 0.1) is 64.1 Å². The van der Waals surface area contributed by atoms with Gasteiger partial charge in [-0.05, 0) is 91.3 Å². The molecule has 186 valence electrons. The van der Waals surface area contributed by atoms with E-state index in [1.165, 1.54) is 38.5 Å². The van der Waals surface area contributed by atoms with Crippen LogP contribution in [0.2, 0.25) is 0 Å². The molecule has 4 aliphatic carbocycles. The monoisotopic (exact) mass is 466 g/mol. The Kier molecular flexibility index (Phi) is 6.78. The summed E-state index contributed by atoms with van der Waals surface area (Å²) in [7, 11) is 0. The maximum Gasteiger partial charge on any atom is 0.419 e. The van der Waals surface area contributed by atoms with E-state index in [-0.39, 0.29) is 29.6 Å². The molecule has 0 aromatic rings. The summed E-state index contributed by atoms with van der Waals surface area (Å²) in [5.74, 6) is 5.23. The number of ketones is 1. The molecule has 0 aliphatic heterocycles. The van der Waals surface area contributed by atoms with E-state index in [0.717, 1.165) is 36.3 Å². The molecule has 4 rings (SSSR count). The quantitative estimate of drug-likeness (QED) is 0.446. The molecule has 0 radical (unpaired) electrons. The fraction of sp³-hybridized carbons (Fsp3) is 0.852. The number of nitrogens with one attached hydrogen (secondary N) is 2. The van der Waals surface area contributed by atoms with Gasteiger partial charge in [0, 0.05) is 18.3 Å². The Hall–Kier alpha value is -1.33. The molecule has 0 aromatic heterocycles. The average Bonchev–Trinajstić information content (AvgIpc) is 2.95. The number of hydrogen-bond donors (Lipinski definition) is 2. The largest absolute Gasteiger partial charge is 0.419 e. The van der Waals surface area contributed by atoms with Gasteiger partial charge in [0.25, 0.3) is 0 Å². The highest BCUT2D eigenvalue weighted by atomic mass is 19.4. The molecule has 33 heavy (non-hydrogen) atoms. The van der Waals surface area contributed by atoms with Crippen LogP contribution in [0.1, 0.15) is 72.6 Å². The lowest BCUT2D eigenvalue weighted by Crippen LogP contribution is -2.50. The molecule has 0 aromatic carbocycles. The summed E-state index contributed by atoms with van der Waals surface area (Å²) in [5.41, 5.74) is -1.13. The van der Waals surface area contributed by atoms with Crippen molar-refractivity contribution in [1.82, 2.24) is 5.32 Å². The van der Waals surface area contributed by atoms with E-state index in [1.807, 2.05) is 0 Å². The van der Waals surface area contributed by atoms with E-state index in [9.17, 15) is 18.0 Å². The molecule has 0 amide bonds. The first-order chi connectivity index (χ1) is 15.5. The Balaban J connectivity index is 1.50. The van der Waals surface area contributed by atoms with Crippen molar-refractivity contribution in [3.63, 3.8) is 0 Å². The maximum absolute atomic E-state index is 13.4. The molecule has 0 saturated heterocycles. The highest BCUT2D eigenvalue weighted by Crippen LogP contribution is 2.67. The van der Waals surface area contributed by atoms with Gasteiger partial charge in [0.05, 0.1) is 12.1 Å². The number of Topliss-reactive ketones (excluding diaryl/α,β-unsaturated/α-hetero) is 1. The highest BCUT2D eigenvalue weighted by Gasteiger charge is 2.63. The maximum atomic E-state index is 13.4. The van der Waals surface area contributed by atoms with E-state index < -0.39 is 11.7 Å². The zero-order valence-electron chi connectivity index (χ0n) is 20.5. The number of hydrogen-bond acceptors (Lipinski definition) is 3. The van der Waals surface area contributed by atoms with Crippen molar-refractivity contribution in [3.8, 4) is 0 Å². The van der Waals surface area contributed by atoms with Gasteiger partial charge in [-0.1, -0.05) is 34.1 Å².